The zero-order chi connectivity index (χ0) is 12.6. The Morgan fingerprint density at radius 2 is 1.78 bits per heavy atom. The third-order valence-electron chi connectivity index (χ3n) is 4.12. The van der Waals surface area contributed by atoms with Gasteiger partial charge in [-0.15, -0.1) is 0 Å². The highest BCUT2D eigenvalue weighted by Crippen LogP contribution is 2.17. The number of aliphatic hydroxyl groups is 1. The molecule has 2 aliphatic heterocycles. The predicted octanol–water partition coefficient (Wildman–Crippen LogP) is 0.946. The molecule has 0 saturated carbocycles. The fourth-order valence-electron chi connectivity index (χ4n) is 3.03. The lowest BCUT2D eigenvalue weighted by atomic mass is 10.1. The standard InChI is InChI=1S/C14H28N2O2/c17-12-11-16-8-3-7-15(9-10-16)6-1-4-14-5-2-13-18-14/h14,17H,1-13H2. The lowest BCUT2D eigenvalue weighted by Gasteiger charge is -2.21. The van der Waals surface area contributed by atoms with E-state index in [2.05, 4.69) is 9.80 Å². The molecule has 2 rings (SSSR count). The van der Waals surface area contributed by atoms with E-state index in [-0.39, 0.29) is 0 Å². The second-order valence-electron chi connectivity index (χ2n) is 5.54. The van der Waals surface area contributed by atoms with Crippen molar-refractivity contribution in [2.75, 3.05) is 52.5 Å². The Hall–Kier alpha value is -0.160. The van der Waals surface area contributed by atoms with Crippen molar-refractivity contribution < 1.29 is 9.84 Å². The average Bonchev–Trinajstić information content (AvgIpc) is 2.78. The normalized spacial score (nSPS) is 27.5. The first-order valence-corrected chi connectivity index (χ1v) is 7.55. The van der Waals surface area contributed by atoms with E-state index < -0.39 is 0 Å². The van der Waals surface area contributed by atoms with Crippen molar-refractivity contribution in [2.45, 2.75) is 38.2 Å². The van der Waals surface area contributed by atoms with Gasteiger partial charge in [0.25, 0.3) is 0 Å². The topological polar surface area (TPSA) is 35.9 Å². The van der Waals surface area contributed by atoms with Crippen LogP contribution in [-0.2, 0) is 4.74 Å². The molecule has 0 radical (unpaired) electrons. The number of hydrogen-bond acceptors (Lipinski definition) is 4. The Bertz CT molecular complexity index is 220. The minimum atomic E-state index is 0.291. The number of aliphatic hydroxyl groups excluding tert-OH is 1. The Morgan fingerprint density at radius 3 is 2.44 bits per heavy atom. The van der Waals surface area contributed by atoms with Gasteiger partial charge in [0, 0.05) is 26.2 Å². The molecule has 0 aromatic rings. The molecule has 4 nitrogen and oxygen atoms in total. The van der Waals surface area contributed by atoms with E-state index >= 15 is 0 Å². The summed E-state index contributed by atoms with van der Waals surface area (Å²) in [7, 11) is 0. The van der Waals surface area contributed by atoms with Crippen molar-refractivity contribution in [1.29, 1.82) is 0 Å². The predicted molar refractivity (Wildman–Crippen MR) is 72.8 cm³/mol. The third kappa shape index (κ3) is 4.84. The highest BCUT2D eigenvalue weighted by atomic mass is 16.5. The highest BCUT2D eigenvalue weighted by molar-refractivity contribution is 4.71. The maximum Gasteiger partial charge on any atom is 0.0576 e. The number of β-amino-alcohol motifs (C(OH)–C–C–N with tert-alkyl or cyclic N) is 1. The summed E-state index contributed by atoms with van der Waals surface area (Å²) in [6.45, 7) is 7.95. The summed E-state index contributed by atoms with van der Waals surface area (Å²) < 4.78 is 5.66. The summed E-state index contributed by atoms with van der Waals surface area (Å²) in [6.07, 6.45) is 6.80. The van der Waals surface area contributed by atoms with Gasteiger partial charge >= 0.3 is 0 Å². The monoisotopic (exact) mass is 256 g/mol. The van der Waals surface area contributed by atoms with E-state index in [0.717, 1.165) is 32.8 Å². The smallest absolute Gasteiger partial charge is 0.0576 e. The van der Waals surface area contributed by atoms with Crippen LogP contribution in [0.15, 0.2) is 0 Å². The number of ether oxygens (including phenoxy) is 1. The summed E-state index contributed by atoms with van der Waals surface area (Å²) in [5, 5.41) is 8.97. The summed E-state index contributed by atoms with van der Waals surface area (Å²) in [5.41, 5.74) is 0. The van der Waals surface area contributed by atoms with Crippen LogP contribution in [0.2, 0.25) is 0 Å². The number of hydrogen-bond donors (Lipinski definition) is 1. The minimum absolute atomic E-state index is 0.291. The zero-order valence-electron chi connectivity index (χ0n) is 11.5. The summed E-state index contributed by atoms with van der Waals surface area (Å²) in [4.78, 5) is 4.95. The first kappa shape index (κ1) is 14.3. The second kappa shape index (κ2) is 8.10. The van der Waals surface area contributed by atoms with Crippen molar-refractivity contribution in [2.24, 2.45) is 0 Å². The molecular weight excluding hydrogens is 228 g/mol. The molecule has 1 N–H and O–H groups in total. The molecule has 0 aliphatic carbocycles. The average molecular weight is 256 g/mol. The van der Waals surface area contributed by atoms with Crippen LogP contribution in [0.1, 0.15) is 32.1 Å². The molecular formula is C14H28N2O2. The number of rotatable bonds is 6. The van der Waals surface area contributed by atoms with Gasteiger partial charge in [-0.25, -0.2) is 0 Å². The fraction of sp³-hybridized carbons (Fsp3) is 1.00. The van der Waals surface area contributed by atoms with E-state index in [1.54, 1.807) is 0 Å². The summed E-state index contributed by atoms with van der Waals surface area (Å²) >= 11 is 0. The maximum atomic E-state index is 8.97. The van der Waals surface area contributed by atoms with Crippen LogP contribution < -0.4 is 0 Å². The van der Waals surface area contributed by atoms with Gasteiger partial charge in [-0.3, -0.25) is 4.90 Å². The van der Waals surface area contributed by atoms with Crippen LogP contribution in [0.4, 0.5) is 0 Å². The molecule has 0 spiro atoms. The van der Waals surface area contributed by atoms with E-state index in [4.69, 9.17) is 9.84 Å². The molecule has 106 valence electrons. The van der Waals surface area contributed by atoms with Crippen molar-refractivity contribution in [1.82, 2.24) is 9.80 Å². The van der Waals surface area contributed by atoms with E-state index in [1.165, 1.54) is 45.2 Å². The van der Waals surface area contributed by atoms with Crippen LogP contribution in [0.5, 0.6) is 0 Å². The van der Waals surface area contributed by atoms with Gasteiger partial charge in [-0.05, 0) is 51.7 Å². The van der Waals surface area contributed by atoms with Crippen molar-refractivity contribution in [3.63, 3.8) is 0 Å². The lowest BCUT2D eigenvalue weighted by Crippen LogP contribution is -2.33. The van der Waals surface area contributed by atoms with Gasteiger partial charge in [-0.1, -0.05) is 0 Å². The Kier molecular flexibility index (Phi) is 6.41. The van der Waals surface area contributed by atoms with Crippen molar-refractivity contribution >= 4 is 0 Å². The molecule has 2 saturated heterocycles. The summed E-state index contributed by atoms with van der Waals surface area (Å²) in [6, 6.07) is 0. The largest absolute Gasteiger partial charge is 0.395 e. The molecule has 1 atom stereocenters. The molecule has 4 heteroatoms. The van der Waals surface area contributed by atoms with Gasteiger partial charge in [0.2, 0.25) is 0 Å². The Labute approximate surface area is 111 Å². The SMILES string of the molecule is OCCN1CCCN(CCCC2CCCO2)CC1. The molecule has 18 heavy (non-hydrogen) atoms. The third-order valence-corrected chi connectivity index (χ3v) is 4.12. The highest BCUT2D eigenvalue weighted by Gasteiger charge is 2.17. The second-order valence-corrected chi connectivity index (χ2v) is 5.54. The van der Waals surface area contributed by atoms with E-state index in [0.29, 0.717) is 12.7 Å². The molecule has 2 aliphatic rings. The van der Waals surface area contributed by atoms with Crippen LogP contribution in [0, 0.1) is 0 Å². The fourth-order valence-corrected chi connectivity index (χ4v) is 3.03. The molecule has 0 aromatic heterocycles. The molecule has 2 fully saturated rings. The summed E-state index contributed by atoms with van der Waals surface area (Å²) in [5.74, 6) is 0. The maximum absolute atomic E-state index is 8.97. The van der Waals surface area contributed by atoms with Gasteiger partial charge in [0.05, 0.1) is 12.7 Å². The first-order chi connectivity index (χ1) is 8.88. The van der Waals surface area contributed by atoms with E-state index in [1.807, 2.05) is 0 Å². The quantitative estimate of drug-likeness (QED) is 0.767. The van der Waals surface area contributed by atoms with Crippen LogP contribution in [0.3, 0.4) is 0 Å². The minimum Gasteiger partial charge on any atom is -0.395 e. The first-order valence-electron chi connectivity index (χ1n) is 7.55. The Morgan fingerprint density at radius 1 is 1.00 bits per heavy atom. The van der Waals surface area contributed by atoms with Gasteiger partial charge < -0.3 is 14.7 Å². The molecule has 2 heterocycles. The Balaban J connectivity index is 1.58. The van der Waals surface area contributed by atoms with Crippen molar-refractivity contribution in [3.05, 3.63) is 0 Å². The molecule has 0 bridgehead atoms. The van der Waals surface area contributed by atoms with Gasteiger partial charge in [0.15, 0.2) is 0 Å². The van der Waals surface area contributed by atoms with Gasteiger partial charge in [-0.2, -0.15) is 0 Å². The van der Waals surface area contributed by atoms with Crippen LogP contribution in [-0.4, -0.2) is 73.5 Å². The zero-order valence-corrected chi connectivity index (χ0v) is 11.5. The van der Waals surface area contributed by atoms with Crippen LogP contribution >= 0.6 is 0 Å². The van der Waals surface area contributed by atoms with E-state index in [9.17, 15) is 0 Å². The molecule has 1 unspecified atom stereocenters. The molecule has 0 aromatic carbocycles. The van der Waals surface area contributed by atoms with Crippen molar-refractivity contribution in [3.8, 4) is 0 Å². The lowest BCUT2D eigenvalue weighted by molar-refractivity contribution is 0.0988. The van der Waals surface area contributed by atoms with Crippen LogP contribution in [0.25, 0.3) is 0 Å². The molecule has 0 amide bonds. The van der Waals surface area contributed by atoms with Gasteiger partial charge in [0.1, 0.15) is 0 Å². The number of nitrogens with zero attached hydrogens (tertiary/aromatic N) is 2.